The molecule has 3 heterocycles. The molecule has 0 bridgehead atoms. The first-order chi connectivity index (χ1) is 20.4. The van der Waals surface area contributed by atoms with Gasteiger partial charge in [0.1, 0.15) is 6.61 Å². The third kappa shape index (κ3) is 7.43. The van der Waals surface area contributed by atoms with E-state index in [9.17, 15) is 9.59 Å². The van der Waals surface area contributed by atoms with Gasteiger partial charge in [-0.2, -0.15) is 4.89 Å². The van der Waals surface area contributed by atoms with E-state index in [4.69, 9.17) is 14.5 Å². The van der Waals surface area contributed by atoms with Crippen molar-refractivity contribution in [2.45, 2.75) is 71.6 Å². The Morgan fingerprint density at radius 2 is 1.74 bits per heavy atom. The Hall–Kier alpha value is -3.14. The van der Waals surface area contributed by atoms with Gasteiger partial charge in [-0.3, -0.25) is 9.69 Å². The van der Waals surface area contributed by atoms with Crippen LogP contribution in [0.3, 0.4) is 0 Å². The van der Waals surface area contributed by atoms with Crippen molar-refractivity contribution in [1.29, 1.82) is 0 Å². The molecule has 3 amide bonds. The van der Waals surface area contributed by atoms with E-state index in [1.807, 2.05) is 28.0 Å². The number of piperidine rings is 1. The summed E-state index contributed by atoms with van der Waals surface area (Å²) in [5.41, 5.74) is 3.46. The number of ether oxygens (including phenoxy) is 1. The molecule has 2 fully saturated rings. The van der Waals surface area contributed by atoms with Gasteiger partial charge in [0.05, 0.1) is 13.2 Å². The molecule has 0 radical (unpaired) electrons. The lowest BCUT2D eigenvalue weighted by Crippen LogP contribution is -2.52. The zero-order valence-electron chi connectivity index (χ0n) is 25.3. The Bertz CT molecular complexity index is 1200. The molecule has 5 rings (SSSR count). The van der Waals surface area contributed by atoms with Crippen LogP contribution in [0.15, 0.2) is 42.5 Å². The van der Waals surface area contributed by atoms with Gasteiger partial charge in [0.15, 0.2) is 5.75 Å². The average Bonchev–Trinajstić information content (AvgIpc) is 3.50. The molecule has 1 atom stereocenters. The van der Waals surface area contributed by atoms with Crippen molar-refractivity contribution in [1.82, 2.24) is 14.7 Å². The summed E-state index contributed by atoms with van der Waals surface area (Å²) in [6.45, 7) is 12.6. The summed E-state index contributed by atoms with van der Waals surface area (Å²) in [7, 11) is 0. The Morgan fingerprint density at radius 1 is 1.00 bits per heavy atom. The van der Waals surface area contributed by atoms with Gasteiger partial charge in [0, 0.05) is 61.6 Å². The highest BCUT2D eigenvalue weighted by molar-refractivity contribution is 6.04. The Balaban J connectivity index is 1.18. The quantitative estimate of drug-likeness (QED) is 0.383. The first-order valence-electron chi connectivity index (χ1n) is 15.6. The number of likely N-dealkylation sites (tertiary alicyclic amines) is 1. The molecule has 0 aliphatic carbocycles. The molecule has 1 N–H and O–H groups in total. The molecule has 0 aromatic heterocycles. The lowest BCUT2D eigenvalue weighted by molar-refractivity contribution is -0.194. The summed E-state index contributed by atoms with van der Waals surface area (Å²) in [5, 5.41) is 3.06. The summed E-state index contributed by atoms with van der Waals surface area (Å²) >= 11 is 0. The SMILES string of the molecule is CCC(CC)N(CC1CCN(C(=O)N2CCOCC2)CC1)C(C)Cc1cccc(NC(=O)c2ccc3c(c2)COO3)c1. The molecule has 2 aromatic rings. The van der Waals surface area contributed by atoms with Crippen molar-refractivity contribution >= 4 is 17.6 Å². The maximum atomic E-state index is 13.0. The van der Waals surface area contributed by atoms with Crippen LogP contribution in [-0.2, 0) is 22.7 Å². The van der Waals surface area contributed by atoms with E-state index in [1.165, 1.54) is 5.56 Å². The number of nitrogens with zero attached hydrogens (tertiary/aromatic N) is 3. The standard InChI is InChI=1S/C33H46N4O5/c1-4-30(5-2)37(22-25-11-13-35(14-12-25)33(39)36-15-17-40-18-16-36)24(3)19-26-7-6-8-29(20-26)34-32(38)27-9-10-31-28(21-27)23-41-42-31/h6-10,20-21,24-25,30H,4-5,11-19,22-23H2,1-3H3,(H,34,38). The van der Waals surface area contributed by atoms with Crippen molar-refractivity contribution in [2.75, 3.05) is 51.3 Å². The molecule has 3 aliphatic rings. The van der Waals surface area contributed by atoms with E-state index in [0.717, 1.165) is 63.0 Å². The van der Waals surface area contributed by atoms with E-state index in [0.29, 0.717) is 62.2 Å². The number of morpholine rings is 1. The van der Waals surface area contributed by atoms with Crippen molar-refractivity contribution in [2.24, 2.45) is 5.92 Å². The monoisotopic (exact) mass is 578 g/mol. The van der Waals surface area contributed by atoms with Gasteiger partial charge in [-0.25, -0.2) is 4.79 Å². The Morgan fingerprint density at radius 3 is 2.48 bits per heavy atom. The molecular formula is C33H46N4O5. The van der Waals surface area contributed by atoms with E-state index >= 15 is 0 Å². The molecular weight excluding hydrogens is 532 g/mol. The third-order valence-electron chi connectivity index (χ3n) is 9.02. The lowest BCUT2D eigenvalue weighted by atomic mass is 9.93. The molecule has 2 saturated heterocycles. The Kier molecular flexibility index (Phi) is 10.4. The highest BCUT2D eigenvalue weighted by Gasteiger charge is 2.30. The number of amides is 3. The van der Waals surface area contributed by atoms with Crippen LogP contribution in [0, 0.1) is 5.92 Å². The van der Waals surface area contributed by atoms with Gasteiger partial charge in [0.2, 0.25) is 0 Å². The highest BCUT2D eigenvalue weighted by Crippen LogP contribution is 2.28. The number of fused-ring (bicyclic) bond motifs is 1. The number of benzene rings is 2. The largest absolute Gasteiger partial charge is 0.378 e. The number of anilines is 1. The van der Waals surface area contributed by atoms with E-state index in [2.05, 4.69) is 43.1 Å². The predicted molar refractivity (Wildman–Crippen MR) is 163 cm³/mol. The number of urea groups is 1. The minimum absolute atomic E-state index is 0.146. The summed E-state index contributed by atoms with van der Waals surface area (Å²) in [4.78, 5) is 42.7. The smallest absolute Gasteiger partial charge is 0.320 e. The van der Waals surface area contributed by atoms with Crippen molar-refractivity contribution in [3.8, 4) is 5.75 Å². The fraction of sp³-hybridized carbons (Fsp3) is 0.576. The number of hydrogen-bond donors (Lipinski definition) is 1. The Labute approximate surface area is 250 Å². The number of nitrogens with one attached hydrogen (secondary N) is 1. The summed E-state index contributed by atoms with van der Waals surface area (Å²) in [6, 6.07) is 14.6. The van der Waals surface area contributed by atoms with Gasteiger partial charge in [0.25, 0.3) is 5.91 Å². The molecule has 9 nitrogen and oxygen atoms in total. The summed E-state index contributed by atoms with van der Waals surface area (Å²) in [5.74, 6) is 1.10. The number of hydrogen-bond acceptors (Lipinski definition) is 6. The van der Waals surface area contributed by atoms with Crippen molar-refractivity contribution in [3.63, 3.8) is 0 Å². The molecule has 0 saturated carbocycles. The maximum Gasteiger partial charge on any atom is 0.320 e. The van der Waals surface area contributed by atoms with Gasteiger partial charge < -0.3 is 24.7 Å². The maximum absolute atomic E-state index is 13.0. The fourth-order valence-electron chi connectivity index (χ4n) is 6.52. The van der Waals surface area contributed by atoms with E-state index < -0.39 is 0 Å². The first-order valence-corrected chi connectivity index (χ1v) is 15.6. The van der Waals surface area contributed by atoms with Crippen LogP contribution in [-0.4, -0.2) is 84.7 Å². The van der Waals surface area contributed by atoms with Gasteiger partial charge in [-0.1, -0.05) is 26.0 Å². The summed E-state index contributed by atoms with van der Waals surface area (Å²) < 4.78 is 5.42. The number of carbonyl (C=O) groups is 2. The molecule has 228 valence electrons. The van der Waals surface area contributed by atoms with Gasteiger partial charge >= 0.3 is 6.03 Å². The topological polar surface area (TPSA) is 83.6 Å². The highest BCUT2D eigenvalue weighted by atomic mass is 17.2. The fourth-order valence-corrected chi connectivity index (χ4v) is 6.52. The van der Waals surface area contributed by atoms with Crippen LogP contribution in [0.25, 0.3) is 0 Å². The van der Waals surface area contributed by atoms with Crippen LogP contribution in [0.4, 0.5) is 10.5 Å². The molecule has 3 aliphatic heterocycles. The van der Waals surface area contributed by atoms with Crippen LogP contribution >= 0.6 is 0 Å². The predicted octanol–water partition coefficient (Wildman–Crippen LogP) is 5.35. The zero-order chi connectivity index (χ0) is 29.5. The second-order valence-electron chi connectivity index (χ2n) is 11.9. The minimum Gasteiger partial charge on any atom is -0.378 e. The molecule has 9 heteroatoms. The van der Waals surface area contributed by atoms with Crippen LogP contribution < -0.4 is 10.2 Å². The van der Waals surface area contributed by atoms with Crippen LogP contribution in [0.2, 0.25) is 0 Å². The van der Waals surface area contributed by atoms with Crippen molar-refractivity contribution < 1.29 is 24.1 Å². The lowest BCUT2D eigenvalue weighted by Gasteiger charge is -2.42. The number of rotatable bonds is 10. The van der Waals surface area contributed by atoms with Crippen molar-refractivity contribution in [3.05, 3.63) is 59.2 Å². The normalized spacial score (nSPS) is 18.2. The molecule has 2 aromatic carbocycles. The number of carbonyl (C=O) groups excluding carboxylic acids is 2. The molecule has 42 heavy (non-hydrogen) atoms. The first kappa shape index (κ1) is 30.3. The summed E-state index contributed by atoms with van der Waals surface area (Å²) in [6.07, 6.45) is 5.22. The zero-order valence-corrected chi connectivity index (χ0v) is 25.3. The molecule has 1 unspecified atom stereocenters. The van der Waals surface area contributed by atoms with E-state index in [1.54, 1.807) is 12.1 Å². The third-order valence-corrected chi connectivity index (χ3v) is 9.02. The minimum atomic E-state index is -0.146. The average molecular weight is 579 g/mol. The van der Waals surface area contributed by atoms with Gasteiger partial charge in [-0.15, -0.1) is 0 Å². The van der Waals surface area contributed by atoms with Gasteiger partial charge in [-0.05, 0) is 80.8 Å². The second kappa shape index (κ2) is 14.4. The van der Waals surface area contributed by atoms with Crippen LogP contribution in [0.5, 0.6) is 5.75 Å². The second-order valence-corrected chi connectivity index (χ2v) is 11.9. The molecule has 0 spiro atoms. The van der Waals surface area contributed by atoms with E-state index in [-0.39, 0.29) is 11.9 Å². The van der Waals surface area contributed by atoms with Crippen LogP contribution in [0.1, 0.15) is 67.9 Å².